The monoisotopic (exact) mass is 448 g/mol. The van der Waals surface area contributed by atoms with E-state index >= 15 is 0 Å². The van der Waals surface area contributed by atoms with E-state index in [1.54, 1.807) is 17.5 Å². The lowest BCUT2D eigenvalue weighted by atomic mass is 10.00. The molecule has 2 aromatic carbocycles. The van der Waals surface area contributed by atoms with Crippen molar-refractivity contribution >= 4 is 39.8 Å². The quantitative estimate of drug-likeness (QED) is 0.431. The lowest BCUT2D eigenvalue weighted by molar-refractivity contribution is -0.124. The van der Waals surface area contributed by atoms with Crippen molar-refractivity contribution < 1.29 is 14.0 Å². The summed E-state index contributed by atoms with van der Waals surface area (Å²) in [4.78, 5) is 28.8. The van der Waals surface area contributed by atoms with Gasteiger partial charge in [-0.3, -0.25) is 14.5 Å². The van der Waals surface area contributed by atoms with Crippen molar-refractivity contribution in [2.45, 2.75) is 38.8 Å². The van der Waals surface area contributed by atoms with Gasteiger partial charge in [-0.2, -0.15) is 0 Å². The molecule has 2 amide bonds. The maximum Gasteiger partial charge on any atom is 0.280 e. The van der Waals surface area contributed by atoms with Crippen LogP contribution in [0.25, 0.3) is 10.8 Å². The Balaban J connectivity index is 1.92. The van der Waals surface area contributed by atoms with Crippen molar-refractivity contribution in [3.05, 3.63) is 77.7 Å². The molecule has 0 aliphatic heterocycles. The largest absolute Gasteiger partial charge is 0.467 e. The molecule has 0 radical (unpaired) electrons. The van der Waals surface area contributed by atoms with E-state index in [4.69, 9.17) is 4.42 Å². The summed E-state index contributed by atoms with van der Waals surface area (Å²) in [5.74, 6) is -0.406. The average Bonchev–Trinajstić information content (AvgIpc) is 3.51. The van der Waals surface area contributed by atoms with Gasteiger partial charge in [0.2, 0.25) is 0 Å². The van der Waals surface area contributed by atoms with Crippen LogP contribution in [0, 0.1) is 0 Å². The van der Waals surface area contributed by atoms with E-state index in [1.165, 1.54) is 11.2 Å². The fourth-order valence-electron chi connectivity index (χ4n) is 3.48. The number of carbonyl (C=O) groups excluding carboxylic acids is 2. The van der Waals surface area contributed by atoms with Crippen molar-refractivity contribution in [1.29, 1.82) is 0 Å². The Hall–Kier alpha value is -3.52. The van der Waals surface area contributed by atoms with Gasteiger partial charge >= 0.3 is 0 Å². The molecule has 0 saturated heterocycles. The number of anilines is 1. The number of hydrogen-bond acceptors (Lipinski definition) is 6. The predicted molar refractivity (Wildman–Crippen MR) is 125 cm³/mol. The van der Waals surface area contributed by atoms with Crippen molar-refractivity contribution in [1.82, 2.24) is 14.9 Å². The van der Waals surface area contributed by atoms with Gasteiger partial charge in [0, 0.05) is 16.3 Å². The Labute approximate surface area is 190 Å². The molecule has 164 valence electrons. The number of hydrogen-bond donors (Lipinski definition) is 1. The van der Waals surface area contributed by atoms with Gasteiger partial charge in [0.05, 0.1) is 12.0 Å². The molecule has 0 fully saturated rings. The van der Waals surface area contributed by atoms with Crippen LogP contribution in [0.5, 0.6) is 0 Å². The summed E-state index contributed by atoms with van der Waals surface area (Å²) in [7, 11) is 0. The van der Waals surface area contributed by atoms with E-state index < -0.39 is 17.5 Å². The second-order valence-electron chi connectivity index (χ2n) is 8.11. The highest BCUT2D eigenvalue weighted by molar-refractivity contribution is 7.03. The van der Waals surface area contributed by atoms with Crippen LogP contribution < -0.4 is 10.2 Å². The van der Waals surface area contributed by atoms with Crippen LogP contribution in [0.15, 0.2) is 70.7 Å². The molecule has 32 heavy (non-hydrogen) atoms. The maximum atomic E-state index is 13.7. The highest BCUT2D eigenvalue weighted by atomic mass is 32.1. The van der Waals surface area contributed by atoms with Crippen LogP contribution in [-0.2, 0) is 4.79 Å². The first kappa shape index (κ1) is 21.7. The van der Waals surface area contributed by atoms with Gasteiger partial charge in [-0.1, -0.05) is 47.8 Å². The molecule has 0 aliphatic carbocycles. The fourth-order valence-corrected chi connectivity index (χ4v) is 3.91. The smallest absolute Gasteiger partial charge is 0.280 e. The zero-order chi connectivity index (χ0) is 22.7. The van der Waals surface area contributed by atoms with Crippen molar-refractivity contribution in [3.63, 3.8) is 0 Å². The highest BCUT2D eigenvalue weighted by Crippen LogP contribution is 2.35. The minimum Gasteiger partial charge on any atom is -0.467 e. The minimum atomic E-state index is -1.03. The second kappa shape index (κ2) is 8.92. The third-order valence-electron chi connectivity index (χ3n) is 5.49. The van der Waals surface area contributed by atoms with E-state index in [1.807, 2.05) is 63.2 Å². The molecule has 0 aliphatic rings. The Kier molecular flexibility index (Phi) is 6.05. The van der Waals surface area contributed by atoms with Gasteiger partial charge in [0.25, 0.3) is 11.8 Å². The number of nitrogens with zero attached hydrogens (tertiary/aromatic N) is 3. The lowest BCUT2D eigenvalue weighted by Gasteiger charge is -2.33. The molecule has 1 unspecified atom stereocenters. The van der Waals surface area contributed by atoms with E-state index in [0.717, 1.165) is 28.7 Å². The number of nitrogens with one attached hydrogen (secondary N) is 1. The first-order valence-corrected chi connectivity index (χ1v) is 11.2. The average molecular weight is 449 g/mol. The maximum absolute atomic E-state index is 13.7. The highest BCUT2D eigenvalue weighted by Gasteiger charge is 2.38. The van der Waals surface area contributed by atoms with E-state index in [0.29, 0.717) is 11.4 Å². The second-order valence-corrected chi connectivity index (χ2v) is 8.72. The number of amides is 2. The number of furan rings is 1. The summed E-state index contributed by atoms with van der Waals surface area (Å²) in [5, 5.41) is 10.4. The number of rotatable bonds is 7. The summed E-state index contributed by atoms with van der Waals surface area (Å²) in [6, 6.07) is 15.8. The normalized spacial score (nSPS) is 12.5. The topological polar surface area (TPSA) is 88.3 Å². The zero-order valence-electron chi connectivity index (χ0n) is 18.1. The zero-order valence-corrected chi connectivity index (χ0v) is 18.9. The molecule has 0 bridgehead atoms. The van der Waals surface area contributed by atoms with Gasteiger partial charge in [0.15, 0.2) is 11.7 Å². The first-order valence-electron chi connectivity index (χ1n) is 10.3. The summed E-state index contributed by atoms with van der Waals surface area (Å²) < 4.78 is 9.50. The molecule has 8 heteroatoms. The first-order chi connectivity index (χ1) is 15.4. The number of aromatic nitrogens is 2. The van der Waals surface area contributed by atoms with Crippen molar-refractivity contribution in [2.75, 3.05) is 4.90 Å². The molecular formula is C24H24N4O3S. The van der Waals surface area contributed by atoms with Crippen molar-refractivity contribution in [2.24, 2.45) is 0 Å². The molecule has 2 aromatic heterocycles. The summed E-state index contributed by atoms with van der Waals surface area (Å²) in [5.41, 5.74) is 0.298. The Morgan fingerprint density at radius 1 is 1.12 bits per heavy atom. The molecule has 4 rings (SSSR count). The SMILES string of the molecule is CCC(C)(C)NC(=O)C(c1ccco1)N(C(=O)c1csnn1)c1cccc2ccccc12. The fraction of sp³-hybridized carbons (Fsp3) is 0.250. The Morgan fingerprint density at radius 2 is 1.91 bits per heavy atom. The predicted octanol–water partition coefficient (Wildman–Crippen LogP) is 4.98. The van der Waals surface area contributed by atoms with E-state index in [-0.39, 0.29) is 11.6 Å². The minimum absolute atomic E-state index is 0.169. The third-order valence-corrected chi connectivity index (χ3v) is 5.99. The van der Waals surface area contributed by atoms with Crippen molar-refractivity contribution in [3.8, 4) is 0 Å². The van der Waals surface area contributed by atoms with Crippen LogP contribution in [0.2, 0.25) is 0 Å². The summed E-state index contributed by atoms with van der Waals surface area (Å²) in [6.45, 7) is 5.88. The van der Waals surface area contributed by atoms with E-state index in [2.05, 4.69) is 14.9 Å². The molecular weight excluding hydrogens is 424 g/mol. The third kappa shape index (κ3) is 4.27. The Bertz CT molecular complexity index is 1210. The standard InChI is InChI=1S/C24H24N4O3S/c1-4-24(2,3)25-22(29)21(20-13-8-14-31-20)28(23(30)18-15-32-27-26-18)19-12-7-10-16-9-5-6-11-17(16)19/h5-15,21H,4H2,1-3H3,(H,25,29). The molecule has 7 nitrogen and oxygen atoms in total. The van der Waals surface area contributed by atoms with Gasteiger partial charge in [0.1, 0.15) is 5.76 Å². The molecule has 2 heterocycles. The number of benzene rings is 2. The summed E-state index contributed by atoms with van der Waals surface area (Å²) >= 11 is 1.08. The van der Waals surface area contributed by atoms with Crippen LogP contribution >= 0.6 is 11.5 Å². The van der Waals surface area contributed by atoms with Gasteiger partial charge in [-0.25, -0.2) is 0 Å². The van der Waals surface area contributed by atoms with Crippen LogP contribution in [0.3, 0.4) is 0 Å². The van der Waals surface area contributed by atoms with Gasteiger partial charge in [-0.15, -0.1) is 5.10 Å². The molecule has 1 atom stereocenters. The molecule has 1 N–H and O–H groups in total. The summed E-state index contributed by atoms with van der Waals surface area (Å²) in [6.07, 6.45) is 2.22. The van der Waals surface area contributed by atoms with E-state index in [9.17, 15) is 9.59 Å². The molecule has 4 aromatic rings. The number of fused-ring (bicyclic) bond motifs is 1. The van der Waals surface area contributed by atoms with Crippen LogP contribution in [0.1, 0.15) is 49.5 Å². The van der Waals surface area contributed by atoms with Crippen LogP contribution in [0.4, 0.5) is 5.69 Å². The van der Waals surface area contributed by atoms with Gasteiger partial charge in [-0.05, 0) is 55.4 Å². The molecule has 0 saturated carbocycles. The van der Waals surface area contributed by atoms with Crippen LogP contribution in [-0.4, -0.2) is 26.9 Å². The molecule has 0 spiro atoms. The van der Waals surface area contributed by atoms with Gasteiger partial charge < -0.3 is 9.73 Å². The lowest BCUT2D eigenvalue weighted by Crippen LogP contribution is -2.50. The number of carbonyl (C=O) groups is 2. The Morgan fingerprint density at radius 3 is 2.59 bits per heavy atom.